The van der Waals surface area contributed by atoms with Crippen LogP contribution in [0.25, 0.3) is 0 Å². The van der Waals surface area contributed by atoms with Gasteiger partial charge in [-0.15, -0.1) is 0 Å². The molecule has 86 valence electrons. The highest BCUT2D eigenvalue weighted by Gasteiger charge is 2.41. The van der Waals surface area contributed by atoms with E-state index in [1.165, 1.54) is 50.9 Å². The van der Waals surface area contributed by atoms with E-state index in [4.69, 9.17) is 5.73 Å². The Kier molecular flexibility index (Phi) is 2.40. The maximum Gasteiger partial charge on any atom is 0.0352 e. The molecule has 2 aliphatic rings. The summed E-state index contributed by atoms with van der Waals surface area (Å²) in [4.78, 5) is 2.58. The zero-order chi connectivity index (χ0) is 11.0. The number of benzene rings is 1. The van der Waals surface area contributed by atoms with Crippen molar-refractivity contribution in [2.75, 3.05) is 25.4 Å². The van der Waals surface area contributed by atoms with E-state index in [1.54, 1.807) is 0 Å². The number of nitrogen functional groups attached to an aromatic ring is 1. The summed E-state index contributed by atoms with van der Waals surface area (Å²) in [7, 11) is 0. The largest absolute Gasteiger partial charge is 0.398 e. The molecular weight excluding hydrogens is 196 g/mol. The molecule has 0 atom stereocenters. The van der Waals surface area contributed by atoms with Crippen molar-refractivity contribution in [3.05, 3.63) is 29.8 Å². The Labute approximate surface area is 97.4 Å². The summed E-state index contributed by atoms with van der Waals surface area (Å²) in [5.74, 6) is 0. The number of hydrogen-bond acceptors (Lipinski definition) is 2. The van der Waals surface area contributed by atoms with Crippen molar-refractivity contribution < 1.29 is 0 Å². The van der Waals surface area contributed by atoms with Gasteiger partial charge in [0.1, 0.15) is 0 Å². The molecule has 0 bridgehead atoms. The predicted molar refractivity (Wildman–Crippen MR) is 67.4 cm³/mol. The molecule has 2 fully saturated rings. The number of para-hydroxylation sites is 1. The summed E-state index contributed by atoms with van der Waals surface area (Å²) >= 11 is 0. The molecule has 16 heavy (non-hydrogen) atoms. The minimum absolute atomic E-state index is 0.381. The lowest BCUT2D eigenvalue weighted by atomic mass is 9.63. The van der Waals surface area contributed by atoms with Gasteiger partial charge >= 0.3 is 0 Å². The van der Waals surface area contributed by atoms with Crippen molar-refractivity contribution in [3.63, 3.8) is 0 Å². The first-order valence-electron chi connectivity index (χ1n) is 6.38. The number of likely N-dealkylation sites (tertiary alicyclic amines) is 1. The topological polar surface area (TPSA) is 29.3 Å². The highest BCUT2D eigenvalue weighted by molar-refractivity contribution is 5.52. The quantitative estimate of drug-likeness (QED) is 0.786. The summed E-state index contributed by atoms with van der Waals surface area (Å²) in [6.45, 7) is 3.80. The summed E-state index contributed by atoms with van der Waals surface area (Å²) in [5.41, 5.74) is 8.90. The number of rotatable bonds is 3. The van der Waals surface area contributed by atoms with Crippen LogP contribution in [-0.2, 0) is 5.41 Å². The Balaban J connectivity index is 1.86. The molecule has 0 aromatic heterocycles. The molecule has 2 N–H and O–H groups in total. The van der Waals surface area contributed by atoms with E-state index in [0.717, 1.165) is 5.69 Å². The molecule has 1 aliphatic heterocycles. The molecule has 0 amide bonds. The van der Waals surface area contributed by atoms with Crippen LogP contribution in [0.15, 0.2) is 24.3 Å². The van der Waals surface area contributed by atoms with Crippen molar-refractivity contribution in [2.24, 2.45) is 0 Å². The summed E-state index contributed by atoms with van der Waals surface area (Å²) in [5, 5.41) is 0. The average molecular weight is 216 g/mol. The predicted octanol–water partition coefficient (Wildman–Crippen LogP) is 2.40. The molecule has 1 aliphatic carbocycles. The third-order valence-corrected chi connectivity index (χ3v) is 4.32. The van der Waals surface area contributed by atoms with Crippen molar-refractivity contribution in [3.8, 4) is 0 Å². The lowest BCUT2D eigenvalue weighted by Gasteiger charge is -2.48. The lowest BCUT2D eigenvalue weighted by molar-refractivity contribution is 0.0940. The van der Waals surface area contributed by atoms with Crippen LogP contribution in [0.1, 0.15) is 31.2 Å². The van der Waals surface area contributed by atoms with Crippen LogP contribution in [0.3, 0.4) is 0 Å². The van der Waals surface area contributed by atoms with Gasteiger partial charge in [0.15, 0.2) is 0 Å². The van der Waals surface area contributed by atoms with E-state index in [2.05, 4.69) is 17.0 Å². The van der Waals surface area contributed by atoms with Crippen LogP contribution in [0.5, 0.6) is 0 Å². The fraction of sp³-hybridized carbons (Fsp3) is 0.571. The van der Waals surface area contributed by atoms with Crippen molar-refractivity contribution in [1.29, 1.82) is 0 Å². The fourth-order valence-corrected chi connectivity index (χ4v) is 3.06. The third kappa shape index (κ3) is 1.52. The number of nitrogens with two attached hydrogens (primary N) is 1. The molecule has 3 rings (SSSR count). The van der Waals surface area contributed by atoms with Gasteiger partial charge in [0.2, 0.25) is 0 Å². The lowest BCUT2D eigenvalue weighted by Crippen LogP contribution is -2.50. The van der Waals surface area contributed by atoms with Gasteiger partial charge in [-0.1, -0.05) is 24.6 Å². The smallest absolute Gasteiger partial charge is 0.0352 e. The number of nitrogens with zero attached hydrogens (tertiary/aromatic N) is 1. The van der Waals surface area contributed by atoms with Crippen LogP contribution in [0.4, 0.5) is 5.69 Å². The van der Waals surface area contributed by atoms with Gasteiger partial charge in [-0.05, 0) is 44.0 Å². The second kappa shape index (κ2) is 3.77. The second-order valence-corrected chi connectivity index (χ2v) is 5.35. The van der Waals surface area contributed by atoms with Crippen LogP contribution in [0.2, 0.25) is 0 Å². The first-order chi connectivity index (χ1) is 7.80. The van der Waals surface area contributed by atoms with Gasteiger partial charge in [0.05, 0.1) is 0 Å². The maximum absolute atomic E-state index is 6.13. The Bertz CT molecular complexity index is 378. The molecule has 2 heteroatoms. The first kappa shape index (κ1) is 10.2. The van der Waals surface area contributed by atoms with Crippen molar-refractivity contribution >= 4 is 5.69 Å². The van der Waals surface area contributed by atoms with E-state index in [0.29, 0.717) is 5.41 Å². The van der Waals surface area contributed by atoms with E-state index in [-0.39, 0.29) is 0 Å². The van der Waals surface area contributed by atoms with Crippen LogP contribution >= 0.6 is 0 Å². The Hall–Kier alpha value is -1.02. The van der Waals surface area contributed by atoms with E-state index < -0.39 is 0 Å². The van der Waals surface area contributed by atoms with Gasteiger partial charge in [0, 0.05) is 17.6 Å². The number of anilines is 1. The van der Waals surface area contributed by atoms with Crippen LogP contribution < -0.4 is 5.73 Å². The first-order valence-corrected chi connectivity index (χ1v) is 6.38. The van der Waals surface area contributed by atoms with Crippen LogP contribution in [0, 0.1) is 0 Å². The second-order valence-electron chi connectivity index (χ2n) is 5.35. The van der Waals surface area contributed by atoms with E-state index in [9.17, 15) is 0 Å². The van der Waals surface area contributed by atoms with Gasteiger partial charge in [0.25, 0.3) is 0 Å². The minimum Gasteiger partial charge on any atom is -0.398 e. The maximum atomic E-state index is 6.13. The molecule has 0 unspecified atom stereocenters. The van der Waals surface area contributed by atoms with Gasteiger partial charge < -0.3 is 10.6 Å². The van der Waals surface area contributed by atoms with Crippen molar-refractivity contribution in [1.82, 2.24) is 4.90 Å². The van der Waals surface area contributed by atoms with Gasteiger partial charge in [-0.2, -0.15) is 0 Å². The summed E-state index contributed by atoms with van der Waals surface area (Å²) < 4.78 is 0. The highest BCUT2D eigenvalue weighted by atomic mass is 15.2. The molecule has 2 nitrogen and oxygen atoms in total. The van der Waals surface area contributed by atoms with Crippen LogP contribution in [-0.4, -0.2) is 24.5 Å². The highest BCUT2D eigenvalue weighted by Crippen LogP contribution is 2.46. The molecule has 0 spiro atoms. The molecule has 1 saturated heterocycles. The molecule has 1 aromatic rings. The van der Waals surface area contributed by atoms with Gasteiger partial charge in [-0.25, -0.2) is 0 Å². The zero-order valence-electron chi connectivity index (χ0n) is 9.78. The normalized spacial score (nSPS) is 23.5. The molecule has 0 radical (unpaired) electrons. The number of hydrogen-bond donors (Lipinski definition) is 1. The molecule has 1 heterocycles. The Morgan fingerprint density at radius 1 is 1.12 bits per heavy atom. The summed E-state index contributed by atoms with van der Waals surface area (Å²) in [6.07, 6.45) is 5.37. The molecule has 1 saturated carbocycles. The Morgan fingerprint density at radius 2 is 1.88 bits per heavy atom. The molecule has 1 aromatic carbocycles. The zero-order valence-corrected chi connectivity index (χ0v) is 9.78. The fourth-order valence-electron chi connectivity index (χ4n) is 3.06. The van der Waals surface area contributed by atoms with E-state index in [1.807, 2.05) is 12.1 Å². The Morgan fingerprint density at radius 3 is 2.38 bits per heavy atom. The van der Waals surface area contributed by atoms with E-state index >= 15 is 0 Å². The third-order valence-electron chi connectivity index (χ3n) is 4.32. The minimum atomic E-state index is 0.381. The monoisotopic (exact) mass is 216 g/mol. The standard InChI is InChI=1S/C14H20N2/c15-13-6-2-1-5-12(13)14(7-3-8-14)11-16-9-4-10-16/h1-2,5-6H,3-4,7-11,15H2. The summed E-state index contributed by atoms with van der Waals surface area (Å²) in [6, 6.07) is 8.44. The average Bonchev–Trinajstić information content (AvgIpc) is 2.16. The van der Waals surface area contributed by atoms with Crippen molar-refractivity contribution in [2.45, 2.75) is 31.1 Å². The SMILES string of the molecule is Nc1ccccc1C1(CN2CCC2)CCC1. The molecular formula is C14H20N2. The van der Waals surface area contributed by atoms with Gasteiger partial charge in [-0.3, -0.25) is 0 Å².